The highest BCUT2D eigenvalue weighted by Gasteiger charge is 2.32. The predicted octanol–water partition coefficient (Wildman–Crippen LogP) is 0.233. The summed E-state index contributed by atoms with van der Waals surface area (Å²) >= 11 is 4.95. The zero-order chi connectivity index (χ0) is 14.0. The number of imidazole rings is 1. The summed E-state index contributed by atoms with van der Waals surface area (Å²) < 4.78 is 1.71. The molecular weight excluding hydrogens is 264 g/mol. The second kappa shape index (κ2) is 5.15. The molecule has 0 unspecified atom stereocenters. The summed E-state index contributed by atoms with van der Waals surface area (Å²) in [6.45, 7) is 3.81. The Bertz CT molecular complexity index is 603. The number of rotatable bonds is 3. The molecule has 1 fully saturated rings. The van der Waals surface area contributed by atoms with Crippen LogP contribution in [0.3, 0.4) is 0 Å². The van der Waals surface area contributed by atoms with Crippen molar-refractivity contribution in [2.24, 2.45) is 7.05 Å². The van der Waals surface area contributed by atoms with Crippen LogP contribution in [0.4, 0.5) is 0 Å². The second-order valence-electron chi connectivity index (χ2n) is 3.95. The van der Waals surface area contributed by atoms with E-state index in [0.717, 1.165) is 0 Å². The molecule has 0 radical (unpaired) electrons. The van der Waals surface area contributed by atoms with Gasteiger partial charge in [-0.15, -0.1) is 6.58 Å². The van der Waals surface area contributed by atoms with E-state index >= 15 is 0 Å². The number of aromatic nitrogens is 2. The van der Waals surface area contributed by atoms with Gasteiger partial charge in [0.15, 0.2) is 5.11 Å². The van der Waals surface area contributed by atoms with Crippen LogP contribution in [0.5, 0.6) is 0 Å². The van der Waals surface area contributed by atoms with Crippen molar-refractivity contribution in [1.82, 2.24) is 19.8 Å². The first kappa shape index (κ1) is 13.2. The SMILES string of the molecule is C=CCN1C(=O)/C(=C\c2cncn2C)C(=O)NC1=S. The minimum Gasteiger partial charge on any atom is -0.334 e. The number of nitrogens with zero attached hydrogens (tertiary/aromatic N) is 3. The Labute approximate surface area is 115 Å². The van der Waals surface area contributed by atoms with Crippen molar-refractivity contribution < 1.29 is 9.59 Å². The van der Waals surface area contributed by atoms with Crippen LogP contribution >= 0.6 is 12.2 Å². The standard InChI is InChI=1S/C12H12N4O2S/c1-3-4-16-11(18)9(10(17)14-12(16)19)5-8-6-13-7-15(8)2/h3,5-7H,1,4H2,2H3,(H,14,17,19)/b9-5-. The number of carbonyl (C=O) groups excluding carboxylic acids is 2. The van der Waals surface area contributed by atoms with Gasteiger partial charge in [0.2, 0.25) is 0 Å². The molecule has 2 amide bonds. The van der Waals surface area contributed by atoms with Gasteiger partial charge in [-0.05, 0) is 18.3 Å². The molecule has 1 aromatic heterocycles. The Morgan fingerprint density at radius 1 is 1.53 bits per heavy atom. The fourth-order valence-corrected chi connectivity index (χ4v) is 1.89. The summed E-state index contributed by atoms with van der Waals surface area (Å²) in [4.78, 5) is 29.2. The lowest BCUT2D eigenvalue weighted by Gasteiger charge is -2.27. The third kappa shape index (κ3) is 2.45. The average molecular weight is 276 g/mol. The van der Waals surface area contributed by atoms with Crippen LogP contribution in [0, 0.1) is 0 Å². The van der Waals surface area contributed by atoms with Crippen LogP contribution < -0.4 is 5.32 Å². The molecule has 0 bridgehead atoms. The predicted molar refractivity (Wildman–Crippen MR) is 73.8 cm³/mol. The monoisotopic (exact) mass is 276 g/mol. The van der Waals surface area contributed by atoms with E-state index in [4.69, 9.17) is 12.2 Å². The number of hydrogen-bond donors (Lipinski definition) is 1. The maximum atomic E-state index is 12.2. The Morgan fingerprint density at radius 3 is 2.84 bits per heavy atom. The molecular formula is C12H12N4O2S. The number of carbonyl (C=O) groups is 2. The summed E-state index contributed by atoms with van der Waals surface area (Å²) in [7, 11) is 1.77. The molecule has 1 aliphatic heterocycles. The molecule has 0 aromatic carbocycles. The van der Waals surface area contributed by atoms with Crippen molar-refractivity contribution in [2.75, 3.05) is 6.54 Å². The summed E-state index contributed by atoms with van der Waals surface area (Å²) in [5, 5.41) is 2.57. The van der Waals surface area contributed by atoms with E-state index in [1.807, 2.05) is 0 Å². The van der Waals surface area contributed by atoms with Crippen molar-refractivity contribution in [3.8, 4) is 0 Å². The van der Waals surface area contributed by atoms with Gasteiger partial charge >= 0.3 is 0 Å². The lowest BCUT2D eigenvalue weighted by molar-refractivity contribution is -0.128. The van der Waals surface area contributed by atoms with Gasteiger partial charge in [0.1, 0.15) is 5.57 Å². The first-order valence-corrected chi connectivity index (χ1v) is 5.91. The van der Waals surface area contributed by atoms with E-state index in [0.29, 0.717) is 5.69 Å². The average Bonchev–Trinajstić information content (AvgIpc) is 2.76. The molecule has 2 heterocycles. The van der Waals surface area contributed by atoms with E-state index in [1.54, 1.807) is 30.2 Å². The topological polar surface area (TPSA) is 67.2 Å². The van der Waals surface area contributed by atoms with Gasteiger partial charge in [-0.3, -0.25) is 19.8 Å². The van der Waals surface area contributed by atoms with Crippen LogP contribution in [0.15, 0.2) is 30.8 Å². The zero-order valence-electron chi connectivity index (χ0n) is 10.3. The molecule has 1 N–H and O–H groups in total. The van der Waals surface area contributed by atoms with E-state index in [1.165, 1.54) is 11.0 Å². The van der Waals surface area contributed by atoms with Crippen molar-refractivity contribution in [3.05, 3.63) is 36.4 Å². The summed E-state index contributed by atoms with van der Waals surface area (Å²) in [6.07, 6.45) is 6.19. The highest BCUT2D eigenvalue weighted by molar-refractivity contribution is 7.80. The van der Waals surface area contributed by atoms with Gasteiger partial charge in [0, 0.05) is 13.6 Å². The van der Waals surface area contributed by atoms with Gasteiger partial charge in [0.25, 0.3) is 11.8 Å². The number of thiocarbonyl (C=S) groups is 1. The van der Waals surface area contributed by atoms with Gasteiger partial charge in [0.05, 0.1) is 18.2 Å². The maximum absolute atomic E-state index is 12.2. The summed E-state index contributed by atoms with van der Waals surface area (Å²) in [5.74, 6) is -0.939. The van der Waals surface area contributed by atoms with Crippen LogP contribution in [0.25, 0.3) is 6.08 Å². The highest BCUT2D eigenvalue weighted by atomic mass is 32.1. The molecule has 1 saturated heterocycles. The summed E-state index contributed by atoms with van der Waals surface area (Å²) in [6, 6.07) is 0. The molecule has 0 atom stereocenters. The van der Waals surface area contributed by atoms with Crippen molar-refractivity contribution in [3.63, 3.8) is 0 Å². The smallest absolute Gasteiger partial charge is 0.266 e. The minimum absolute atomic E-state index is 0.0269. The van der Waals surface area contributed by atoms with E-state index in [-0.39, 0.29) is 17.2 Å². The van der Waals surface area contributed by atoms with Crippen LogP contribution in [-0.4, -0.2) is 37.9 Å². The van der Waals surface area contributed by atoms with Crippen LogP contribution in [0.1, 0.15) is 5.69 Å². The van der Waals surface area contributed by atoms with E-state index in [2.05, 4.69) is 16.9 Å². The lowest BCUT2D eigenvalue weighted by atomic mass is 10.1. The number of nitrogens with one attached hydrogen (secondary N) is 1. The second-order valence-corrected chi connectivity index (χ2v) is 4.34. The van der Waals surface area contributed by atoms with E-state index in [9.17, 15) is 9.59 Å². The Kier molecular flexibility index (Phi) is 3.57. The summed E-state index contributed by atoms with van der Waals surface area (Å²) in [5.41, 5.74) is 0.684. The molecule has 98 valence electrons. The molecule has 7 heteroatoms. The molecule has 0 aliphatic carbocycles. The van der Waals surface area contributed by atoms with Crippen LogP contribution in [-0.2, 0) is 16.6 Å². The Balaban J connectivity index is 2.39. The Morgan fingerprint density at radius 2 is 2.26 bits per heavy atom. The van der Waals surface area contributed by atoms with Gasteiger partial charge in [-0.2, -0.15) is 0 Å². The fourth-order valence-electron chi connectivity index (χ4n) is 1.64. The van der Waals surface area contributed by atoms with Crippen LogP contribution in [0.2, 0.25) is 0 Å². The molecule has 6 nitrogen and oxygen atoms in total. The van der Waals surface area contributed by atoms with Crippen molar-refractivity contribution >= 4 is 35.2 Å². The van der Waals surface area contributed by atoms with Gasteiger partial charge in [-0.25, -0.2) is 4.98 Å². The normalized spacial score (nSPS) is 17.8. The largest absolute Gasteiger partial charge is 0.334 e. The molecule has 19 heavy (non-hydrogen) atoms. The van der Waals surface area contributed by atoms with E-state index < -0.39 is 11.8 Å². The Hall–Kier alpha value is -2.28. The van der Waals surface area contributed by atoms with Crippen molar-refractivity contribution in [1.29, 1.82) is 0 Å². The quantitative estimate of drug-likeness (QED) is 0.371. The van der Waals surface area contributed by atoms with Gasteiger partial charge < -0.3 is 4.57 Å². The maximum Gasteiger partial charge on any atom is 0.266 e. The third-order valence-electron chi connectivity index (χ3n) is 2.64. The number of amides is 2. The number of hydrogen-bond acceptors (Lipinski definition) is 4. The lowest BCUT2D eigenvalue weighted by Crippen LogP contribution is -2.53. The minimum atomic E-state index is -0.503. The van der Waals surface area contributed by atoms with Crippen molar-refractivity contribution in [2.45, 2.75) is 0 Å². The zero-order valence-corrected chi connectivity index (χ0v) is 11.1. The molecule has 0 saturated carbocycles. The molecule has 0 spiro atoms. The highest BCUT2D eigenvalue weighted by Crippen LogP contribution is 2.13. The first-order valence-electron chi connectivity index (χ1n) is 5.50. The fraction of sp³-hybridized carbons (Fsp3) is 0.167. The molecule has 2 rings (SSSR count). The number of aryl methyl sites for hydroxylation is 1. The first-order chi connectivity index (χ1) is 9.04. The molecule has 1 aliphatic rings. The van der Waals surface area contributed by atoms with Gasteiger partial charge in [-0.1, -0.05) is 6.08 Å². The molecule has 1 aromatic rings. The third-order valence-corrected chi connectivity index (χ3v) is 2.97.